The van der Waals surface area contributed by atoms with Crippen LogP contribution >= 0.6 is 0 Å². The zero-order valence-corrected chi connectivity index (χ0v) is 13.3. The molecule has 1 unspecified atom stereocenters. The molecule has 1 atom stereocenters. The Balaban J connectivity index is 1.99. The van der Waals surface area contributed by atoms with Gasteiger partial charge in [-0.3, -0.25) is 9.78 Å². The van der Waals surface area contributed by atoms with Crippen LogP contribution in [0, 0.1) is 0 Å². The molecule has 0 saturated carbocycles. The summed E-state index contributed by atoms with van der Waals surface area (Å²) in [4.78, 5) is 21.0. The average Bonchev–Trinajstić information content (AvgIpc) is 3.01. The molecule has 0 spiro atoms. The first kappa shape index (κ1) is 15.6. The second-order valence-electron chi connectivity index (χ2n) is 5.78. The highest BCUT2D eigenvalue weighted by Crippen LogP contribution is 2.30. The van der Waals surface area contributed by atoms with Gasteiger partial charge in [-0.1, -0.05) is 5.16 Å². The molecule has 0 bridgehead atoms. The van der Waals surface area contributed by atoms with Crippen molar-refractivity contribution in [3.05, 3.63) is 35.9 Å². The van der Waals surface area contributed by atoms with Crippen LogP contribution < -0.4 is 0 Å². The fraction of sp³-hybridized carbons (Fsp3) is 0.438. The third kappa shape index (κ3) is 3.11. The molecule has 1 aliphatic rings. The number of hydrogen-bond acceptors (Lipinski definition) is 6. The number of aliphatic hydroxyl groups is 1. The van der Waals surface area contributed by atoms with E-state index in [4.69, 9.17) is 4.52 Å². The summed E-state index contributed by atoms with van der Waals surface area (Å²) in [5.41, 5.74) is 1.45. The fourth-order valence-corrected chi connectivity index (χ4v) is 2.66. The van der Waals surface area contributed by atoms with Gasteiger partial charge in [-0.25, -0.2) is 0 Å². The molecule has 3 heterocycles. The highest BCUT2D eigenvalue weighted by molar-refractivity contribution is 6.01. The Bertz CT molecular complexity index is 676. The lowest BCUT2D eigenvalue weighted by Gasteiger charge is -2.32. The molecule has 2 aromatic heterocycles. The smallest absolute Gasteiger partial charge is 0.259 e. The molecule has 0 aromatic carbocycles. The van der Waals surface area contributed by atoms with Gasteiger partial charge < -0.3 is 19.4 Å². The minimum atomic E-state index is -0.903. The van der Waals surface area contributed by atoms with Gasteiger partial charge in [-0.2, -0.15) is 0 Å². The topological polar surface area (TPSA) is 82.7 Å². The largest absolute Gasteiger partial charge is 0.385 e. The van der Waals surface area contributed by atoms with E-state index < -0.39 is 6.10 Å². The minimum absolute atomic E-state index is 0.158. The lowest BCUT2D eigenvalue weighted by molar-refractivity contribution is 0.0654. The molecule has 1 saturated heterocycles. The average molecular weight is 316 g/mol. The van der Waals surface area contributed by atoms with E-state index in [1.165, 1.54) is 0 Å². The van der Waals surface area contributed by atoms with Crippen molar-refractivity contribution in [1.29, 1.82) is 0 Å². The monoisotopic (exact) mass is 316 g/mol. The van der Waals surface area contributed by atoms with E-state index in [0.717, 1.165) is 13.1 Å². The predicted octanol–water partition coefficient (Wildman–Crippen LogP) is 1.18. The van der Waals surface area contributed by atoms with Gasteiger partial charge in [0.05, 0.1) is 0 Å². The van der Waals surface area contributed by atoms with Crippen molar-refractivity contribution in [2.24, 2.45) is 0 Å². The van der Waals surface area contributed by atoms with E-state index >= 15 is 0 Å². The van der Waals surface area contributed by atoms with Crippen LogP contribution in [0.15, 0.2) is 29.0 Å². The molecule has 1 N–H and O–H groups in total. The molecule has 7 heteroatoms. The maximum absolute atomic E-state index is 13.0. The van der Waals surface area contributed by atoms with Crippen molar-refractivity contribution >= 4 is 5.91 Å². The standard InChI is InChI=1S/C16H20N4O3/c1-11(21)15-13(16(22)20-8-6-19(2)7-9-20)14(18-23-15)12-4-3-5-17-10-12/h3-5,10-11,21H,6-9H2,1-2H3. The van der Waals surface area contributed by atoms with Crippen molar-refractivity contribution in [2.75, 3.05) is 33.2 Å². The van der Waals surface area contributed by atoms with Crippen LogP contribution in [0.4, 0.5) is 0 Å². The zero-order chi connectivity index (χ0) is 16.4. The maximum atomic E-state index is 13.0. The van der Waals surface area contributed by atoms with Crippen molar-refractivity contribution in [1.82, 2.24) is 19.9 Å². The van der Waals surface area contributed by atoms with Gasteiger partial charge >= 0.3 is 0 Å². The molecule has 1 aliphatic heterocycles. The first-order chi connectivity index (χ1) is 11.1. The summed E-state index contributed by atoms with van der Waals surface area (Å²) in [6, 6.07) is 3.59. The molecule has 0 aliphatic carbocycles. The number of piperazine rings is 1. The van der Waals surface area contributed by atoms with Crippen LogP contribution in [0.1, 0.15) is 29.1 Å². The van der Waals surface area contributed by atoms with E-state index in [9.17, 15) is 9.90 Å². The summed E-state index contributed by atoms with van der Waals surface area (Å²) in [5.74, 6) is 0.0434. The molecular formula is C16H20N4O3. The molecular weight excluding hydrogens is 296 g/mol. The maximum Gasteiger partial charge on any atom is 0.259 e. The van der Waals surface area contributed by atoms with Gasteiger partial charge in [0, 0.05) is 44.1 Å². The van der Waals surface area contributed by atoms with Gasteiger partial charge in [0.15, 0.2) is 5.76 Å². The van der Waals surface area contributed by atoms with Crippen LogP contribution in [0.25, 0.3) is 11.3 Å². The highest BCUT2D eigenvalue weighted by atomic mass is 16.5. The van der Waals surface area contributed by atoms with Crippen LogP contribution in [0.3, 0.4) is 0 Å². The zero-order valence-electron chi connectivity index (χ0n) is 13.3. The van der Waals surface area contributed by atoms with E-state index in [0.29, 0.717) is 29.9 Å². The number of likely N-dealkylation sites (N-methyl/N-ethyl adjacent to an activating group) is 1. The Morgan fingerprint density at radius 1 is 1.35 bits per heavy atom. The third-order valence-electron chi connectivity index (χ3n) is 4.04. The Kier molecular flexibility index (Phi) is 4.40. The number of pyridine rings is 1. The number of amides is 1. The molecule has 23 heavy (non-hydrogen) atoms. The molecule has 0 radical (unpaired) electrons. The summed E-state index contributed by atoms with van der Waals surface area (Å²) in [7, 11) is 2.03. The van der Waals surface area contributed by atoms with Crippen LogP contribution in [0.5, 0.6) is 0 Å². The second kappa shape index (κ2) is 6.47. The molecule has 2 aromatic rings. The predicted molar refractivity (Wildman–Crippen MR) is 83.8 cm³/mol. The van der Waals surface area contributed by atoms with E-state index in [1.807, 2.05) is 13.1 Å². The second-order valence-corrected chi connectivity index (χ2v) is 5.78. The van der Waals surface area contributed by atoms with Crippen LogP contribution in [0.2, 0.25) is 0 Å². The Hall–Kier alpha value is -2.25. The molecule has 3 rings (SSSR count). The summed E-state index contributed by atoms with van der Waals surface area (Å²) in [6.07, 6.45) is 2.38. The van der Waals surface area contributed by atoms with Gasteiger partial charge in [-0.05, 0) is 26.1 Å². The van der Waals surface area contributed by atoms with Crippen LogP contribution in [-0.4, -0.2) is 64.2 Å². The van der Waals surface area contributed by atoms with Crippen molar-refractivity contribution < 1.29 is 14.4 Å². The number of aliphatic hydroxyl groups excluding tert-OH is 1. The third-order valence-corrected chi connectivity index (χ3v) is 4.04. The molecule has 122 valence electrons. The fourth-order valence-electron chi connectivity index (χ4n) is 2.66. The first-order valence-corrected chi connectivity index (χ1v) is 7.63. The van der Waals surface area contributed by atoms with Gasteiger partial charge in [0.1, 0.15) is 17.4 Å². The Morgan fingerprint density at radius 3 is 2.70 bits per heavy atom. The Morgan fingerprint density at radius 2 is 2.09 bits per heavy atom. The lowest BCUT2D eigenvalue weighted by atomic mass is 10.0. The van der Waals surface area contributed by atoms with Crippen molar-refractivity contribution in [3.63, 3.8) is 0 Å². The Labute approximate surface area is 134 Å². The van der Waals surface area contributed by atoms with E-state index in [-0.39, 0.29) is 11.7 Å². The molecule has 7 nitrogen and oxygen atoms in total. The number of rotatable bonds is 3. The van der Waals surface area contributed by atoms with E-state index in [1.54, 1.807) is 30.3 Å². The number of carbonyl (C=O) groups is 1. The number of hydrogen-bond donors (Lipinski definition) is 1. The molecule has 1 fully saturated rings. The SMILES string of the molecule is CC(O)c1onc(-c2cccnc2)c1C(=O)N1CCN(C)CC1. The summed E-state index contributed by atoms with van der Waals surface area (Å²) in [5, 5.41) is 13.9. The lowest BCUT2D eigenvalue weighted by Crippen LogP contribution is -2.47. The summed E-state index contributed by atoms with van der Waals surface area (Å²) < 4.78 is 5.26. The van der Waals surface area contributed by atoms with Gasteiger partial charge in [-0.15, -0.1) is 0 Å². The van der Waals surface area contributed by atoms with Crippen molar-refractivity contribution in [3.8, 4) is 11.3 Å². The number of carbonyl (C=O) groups excluding carboxylic acids is 1. The normalized spacial score (nSPS) is 17.3. The minimum Gasteiger partial charge on any atom is -0.385 e. The van der Waals surface area contributed by atoms with E-state index in [2.05, 4.69) is 15.0 Å². The highest BCUT2D eigenvalue weighted by Gasteiger charge is 2.31. The summed E-state index contributed by atoms with van der Waals surface area (Å²) in [6.45, 7) is 4.50. The number of nitrogens with zero attached hydrogens (tertiary/aromatic N) is 4. The van der Waals surface area contributed by atoms with Gasteiger partial charge in [0.25, 0.3) is 5.91 Å². The van der Waals surface area contributed by atoms with Gasteiger partial charge in [0.2, 0.25) is 0 Å². The van der Waals surface area contributed by atoms with Crippen LogP contribution in [-0.2, 0) is 0 Å². The number of aromatic nitrogens is 2. The summed E-state index contributed by atoms with van der Waals surface area (Å²) >= 11 is 0. The first-order valence-electron chi connectivity index (χ1n) is 7.63. The quantitative estimate of drug-likeness (QED) is 0.915. The van der Waals surface area contributed by atoms with Crippen molar-refractivity contribution in [2.45, 2.75) is 13.0 Å². The molecule has 1 amide bonds.